The van der Waals surface area contributed by atoms with Gasteiger partial charge in [-0.1, -0.05) is 0 Å². The second kappa shape index (κ2) is 1.59. The highest BCUT2D eigenvalue weighted by atomic mass is 15.3. The largest absolute Gasteiger partial charge is 0.272 e. The molecule has 0 amide bonds. The highest BCUT2D eigenvalue weighted by molar-refractivity contribution is 5.13. The van der Waals surface area contributed by atoms with Gasteiger partial charge in [-0.25, -0.2) is 0 Å². The van der Waals surface area contributed by atoms with Crippen molar-refractivity contribution in [1.82, 2.24) is 9.78 Å². The minimum Gasteiger partial charge on any atom is -0.272 e. The Balaban J connectivity index is 2.35. The number of aryl methyl sites for hydroxylation is 1. The Morgan fingerprint density at radius 1 is 1.67 bits per heavy atom. The molecule has 1 aliphatic carbocycles. The van der Waals surface area contributed by atoms with Crippen LogP contribution < -0.4 is 0 Å². The molecule has 48 valence electrons. The van der Waals surface area contributed by atoms with E-state index >= 15 is 0 Å². The van der Waals surface area contributed by atoms with Gasteiger partial charge in [0.2, 0.25) is 0 Å². The highest BCUT2D eigenvalue weighted by Crippen LogP contribution is 2.39. The number of aromatic nitrogens is 2. The van der Waals surface area contributed by atoms with Gasteiger partial charge in [0.1, 0.15) is 0 Å². The van der Waals surface area contributed by atoms with Crippen molar-refractivity contribution >= 4 is 0 Å². The molecule has 0 aliphatic heterocycles. The molecule has 0 N–H and O–H groups in total. The summed E-state index contributed by atoms with van der Waals surface area (Å²) < 4.78 is 1.97. The fourth-order valence-electron chi connectivity index (χ4n) is 1.16. The molecular formula is C7H10N2. The molecule has 1 aromatic rings. The van der Waals surface area contributed by atoms with Crippen LogP contribution in [0.5, 0.6) is 0 Å². The molecular weight excluding hydrogens is 112 g/mol. The summed E-state index contributed by atoms with van der Waals surface area (Å²) in [6, 6.07) is 2.11. The number of hydrogen-bond acceptors (Lipinski definition) is 1. The zero-order chi connectivity index (χ0) is 6.27. The lowest BCUT2D eigenvalue weighted by atomic mass is 10.3. The molecule has 1 aromatic heterocycles. The standard InChI is InChI=1S/C7H10N2/c1-9-7(4-5-8-9)6-2-3-6/h4-6H,2-3H2,1H3. The molecule has 0 saturated heterocycles. The van der Waals surface area contributed by atoms with Crippen molar-refractivity contribution in [2.24, 2.45) is 7.05 Å². The Morgan fingerprint density at radius 3 is 2.89 bits per heavy atom. The zero-order valence-electron chi connectivity index (χ0n) is 5.54. The third-order valence-corrected chi connectivity index (χ3v) is 1.85. The first-order chi connectivity index (χ1) is 4.38. The van der Waals surface area contributed by atoms with Crippen LogP contribution in [0.2, 0.25) is 0 Å². The van der Waals surface area contributed by atoms with Crippen LogP contribution in [0.4, 0.5) is 0 Å². The molecule has 0 aromatic carbocycles. The average molecular weight is 122 g/mol. The van der Waals surface area contributed by atoms with Crippen LogP contribution in [0.25, 0.3) is 0 Å². The molecule has 0 spiro atoms. The Hall–Kier alpha value is -0.790. The van der Waals surface area contributed by atoms with Gasteiger partial charge in [-0.2, -0.15) is 5.10 Å². The highest BCUT2D eigenvalue weighted by Gasteiger charge is 2.25. The van der Waals surface area contributed by atoms with Crippen molar-refractivity contribution in [2.45, 2.75) is 18.8 Å². The molecule has 1 aliphatic rings. The second-order valence-electron chi connectivity index (χ2n) is 2.65. The van der Waals surface area contributed by atoms with Gasteiger partial charge in [0.25, 0.3) is 0 Å². The van der Waals surface area contributed by atoms with Crippen LogP contribution in [0, 0.1) is 0 Å². The fraction of sp³-hybridized carbons (Fsp3) is 0.571. The third-order valence-electron chi connectivity index (χ3n) is 1.85. The normalized spacial score (nSPS) is 18.3. The number of rotatable bonds is 1. The monoisotopic (exact) mass is 122 g/mol. The maximum atomic E-state index is 4.09. The third kappa shape index (κ3) is 0.745. The van der Waals surface area contributed by atoms with Crippen LogP contribution in [0.3, 0.4) is 0 Å². The first-order valence-electron chi connectivity index (χ1n) is 3.36. The van der Waals surface area contributed by atoms with E-state index in [-0.39, 0.29) is 0 Å². The molecule has 2 heteroatoms. The smallest absolute Gasteiger partial charge is 0.0492 e. The van der Waals surface area contributed by atoms with Gasteiger partial charge in [0.15, 0.2) is 0 Å². The second-order valence-corrected chi connectivity index (χ2v) is 2.65. The average Bonchev–Trinajstić information content (AvgIpc) is 2.58. The van der Waals surface area contributed by atoms with Gasteiger partial charge < -0.3 is 0 Å². The maximum Gasteiger partial charge on any atom is 0.0492 e. The van der Waals surface area contributed by atoms with Gasteiger partial charge in [0, 0.05) is 24.9 Å². The molecule has 0 unspecified atom stereocenters. The quantitative estimate of drug-likeness (QED) is 0.549. The van der Waals surface area contributed by atoms with Crippen molar-refractivity contribution in [2.75, 3.05) is 0 Å². The SMILES string of the molecule is Cn1nccc1C1CC1. The van der Waals surface area contributed by atoms with Crippen molar-refractivity contribution in [3.8, 4) is 0 Å². The maximum absolute atomic E-state index is 4.09. The first-order valence-corrected chi connectivity index (χ1v) is 3.36. The van der Waals surface area contributed by atoms with Crippen LogP contribution in [0.15, 0.2) is 12.3 Å². The molecule has 0 atom stereocenters. The lowest BCUT2D eigenvalue weighted by Gasteiger charge is -1.94. The fourth-order valence-corrected chi connectivity index (χ4v) is 1.16. The molecule has 1 heterocycles. The van der Waals surface area contributed by atoms with E-state index in [1.54, 1.807) is 0 Å². The summed E-state index contributed by atoms with van der Waals surface area (Å²) in [5.41, 5.74) is 1.40. The lowest BCUT2D eigenvalue weighted by molar-refractivity contribution is 0.714. The summed E-state index contributed by atoms with van der Waals surface area (Å²) in [7, 11) is 2.01. The Morgan fingerprint density at radius 2 is 2.44 bits per heavy atom. The molecule has 2 nitrogen and oxygen atoms in total. The zero-order valence-corrected chi connectivity index (χ0v) is 5.54. The Labute approximate surface area is 54.5 Å². The van der Waals surface area contributed by atoms with E-state index in [2.05, 4.69) is 11.2 Å². The van der Waals surface area contributed by atoms with Crippen molar-refractivity contribution in [1.29, 1.82) is 0 Å². The van der Waals surface area contributed by atoms with Crippen molar-refractivity contribution < 1.29 is 0 Å². The van der Waals surface area contributed by atoms with E-state index in [4.69, 9.17) is 0 Å². The van der Waals surface area contributed by atoms with E-state index in [0.29, 0.717) is 0 Å². The first kappa shape index (κ1) is 5.03. The van der Waals surface area contributed by atoms with Crippen molar-refractivity contribution in [3.63, 3.8) is 0 Å². The van der Waals surface area contributed by atoms with E-state index in [1.165, 1.54) is 18.5 Å². The molecule has 0 radical (unpaired) electrons. The van der Waals surface area contributed by atoms with Gasteiger partial charge in [-0.3, -0.25) is 4.68 Å². The van der Waals surface area contributed by atoms with E-state index in [1.807, 2.05) is 17.9 Å². The van der Waals surface area contributed by atoms with Crippen molar-refractivity contribution in [3.05, 3.63) is 18.0 Å². The molecule has 2 rings (SSSR count). The summed E-state index contributed by atoms with van der Waals surface area (Å²) in [6.07, 6.45) is 4.59. The van der Waals surface area contributed by atoms with Gasteiger partial charge in [-0.15, -0.1) is 0 Å². The number of nitrogens with zero attached hydrogens (tertiary/aromatic N) is 2. The van der Waals surface area contributed by atoms with Gasteiger partial charge in [-0.05, 0) is 18.9 Å². The molecule has 1 saturated carbocycles. The van der Waals surface area contributed by atoms with Gasteiger partial charge in [0.05, 0.1) is 0 Å². The summed E-state index contributed by atoms with van der Waals surface area (Å²) in [5.74, 6) is 0.831. The topological polar surface area (TPSA) is 17.8 Å². The number of hydrogen-bond donors (Lipinski definition) is 0. The molecule has 0 bridgehead atoms. The summed E-state index contributed by atoms with van der Waals surface area (Å²) in [4.78, 5) is 0. The van der Waals surface area contributed by atoms with E-state index < -0.39 is 0 Å². The minimum atomic E-state index is 0.831. The molecule has 1 fully saturated rings. The summed E-state index contributed by atoms with van der Waals surface area (Å²) in [6.45, 7) is 0. The predicted molar refractivity (Wildman–Crippen MR) is 35.2 cm³/mol. The van der Waals surface area contributed by atoms with E-state index in [0.717, 1.165) is 5.92 Å². The van der Waals surface area contributed by atoms with Crippen LogP contribution in [-0.4, -0.2) is 9.78 Å². The van der Waals surface area contributed by atoms with E-state index in [9.17, 15) is 0 Å². The summed E-state index contributed by atoms with van der Waals surface area (Å²) in [5, 5.41) is 4.09. The minimum absolute atomic E-state index is 0.831. The predicted octanol–water partition coefficient (Wildman–Crippen LogP) is 1.30. The lowest BCUT2D eigenvalue weighted by Crippen LogP contribution is -1.94. The Kier molecular flexibility index (Phi) is 0.891. The summed E-state index contributed by atoms with van der Waals surface area (Å²) >= 11 is 0. The van der Waals surface area contributed by atoms with Crippen LogP contribution >= 0.6 is 0 Å². The van der Waals surface area contributed by atoms with Gasteiger partial charge >= 0.3 is 0 Å². The van der Waals surface area contributed by atoms with Crippen LogP contribution in [0.1, 0.15) is 24.5 Å². The van der Waals surface area contributed by atoms with Crippen LogP contribution in [-0.2, 0) is 7.05 Å². The Bertz CT molecular complexity index is 210. The molecule has 9 heavy (non-hydrogen) atoms.